The van der Waals surface area contributed by atoms with Crippen molar-refractivity contribution < 1.29 is 14.3 Å². The summed E-state index contributed by atoms with van der Waals surface area (Å²) >= 11 is 2.42. The van der Waals surface area contributed by atoms with E-state index in [1.807, 2.05) is 31.2 Å². The molecule has 9 nitrogen and oxygen atoms in total. The first-order valence-electron chi connectivity index (χ1n) is 8.76. The highest BCUT2D eigenvalue weighted by molar-refractivity contribution is 7.99. The largest absolute Gasteiger partial charge is 0.466 e. The molecule has 0 saturated heterocycles. The average molecular weight is 433 g/mol. The van der Waals surface area contributed by atoms with Gasteiger partial charge in [-0.2, -0.15) is 0 Å². The summed E-state index contributed by atoms with van der Waals surface area (Å²) in [5, 5.41) is 13.4. The third-order valence-corrected chi connectivity index (χ3v) is 5.49. The Morgan fingerprint density at radius 3 is 2.76 bits per heavy atom. The molecule has 0 aliphatic carbocycles. The van der Waals surface area contributed by atoms with E-state index < -0.39 is 0 Å². The summed E-state index contributed by atoms with van der Waals surface area (Å²) in [6.07, 6.45) is 0.0764. The van der Waals surface area contributed by atoms with Gasteiger partial charge in [0, 0.05) is 10.9 Å². The number of aromatic nitrogens is 4. The zero-order valence-corrected chi connectivity index (χ0v) is 17.5. The molecule has 29 heavy (non-hydrogen) atoms. The Balaban J connectivity index is 1.54. The van der Waals surface area contributed by atoms with Crippen LogP contribution in [0.2, 0.25) is 0 Å². The van der Waals surface area contributed by atoms with Crippen LogP contribution < -0.4 is 11.2 Å². The van der Waals surface area contributed by atoms with E-state index in [2.05, 4.69) is 20.5 Å². The van der Waals surface area contributed by atoms with Crippen LogP contribution in [0.4, 0.5) is 5.13 Å². The van der Waals surface area contributed by atoms with Crippen LogP contribution in [0.15, 0.2) is 34.8 Å². The Morgan fingerprint density at radius 1 is 1.28 bits per heavy atom. The molecule has 0 unspecified atom stereocenters. The standard InChI is InChI=1S/C18H20N6O3S2/c1-3-27-15(26)8-13-9-28-17(20-13)21-14(25)10-29-18-23-22-16(24(18)19)12-6-4-11(2)5-7-12/h4-7,9H,3,8,10,19H2,1-2H3,(H,20,21,25). The number of nitrogens with one attached hydrogen (secondary N) is 1. The van der Waals surface area contributed by atoms with Gasteiger partial charge in [-0.3, -0.25) is 9.59 Å². The molecular weight excluding hydrogens is 412 g/mol. The first kappa shape index (κ1) is 20.8. The van der Waals surface area contributed by atoms with Gasteiger partial charge in [-0.1, -0.05) is 41.6 Å². The molecule has 2 aromatic heterocycles. The van der Waals surface area contributed by atoms with Crippen molar-refractivity contribution in [2.24, 2.45) is 0 Å². The molecule has 0 fully saturated rings. The monoisotopic (exact) mass is 432 g/mol. The molecular formula is C18H20N6O3S2. The summed E-state index contributed by atoms with van der Waals surface area (Å²) in [6.45, 7) is 4.06. The van der Waals surface area contributed by atoms with E-state index in [4.69, 9.17) is 10.6 Å². The molecule has 0 radical (unpaired) electrons. The Bertz CT molecular complexity index is 999. The zero-order valence-electron chi connectivity index (χ0n) is 15.9. The lowest BCUT2D eigenvalue weighted by Crippen LogP contribution is -2.16. The minimum atomic E-state index is -0.349. The van der Waals surface area contributed by atoms with Gasteiger partial charge in [0.2, 0.25) is 11.1 Å². The fourth-order valence-corrected chi connectivity index (χ4v) is 3.75. The van der Waals surface area contributed by atoms with Crippen molar-refractivity contribution in [3.05, 3.63) is 40.9 Å². The number of hydrogen-bond acceptors (Lipinski definition) is 9. The number of benzene rings is 1. The van der Waals surface area contributed by atoms with Crippen LogP contribution in [0.3, 0.4) is 0 Å². The highest BCUT2D eigenvalue weighted by Crippen LogP contribution is 2.22. The summed E-state index contributed by atoms with van der Waals surface area (Å²) in [4.78, 5) is 27.9. The molecule has 0 atom stereocenters. The van der Waals surface area contributed by atoms with E-state index in [0.29, 0.717) is 28.4 Å². The smallest absolute Gasteiger partial charge is 0.311 e. The van der Waals surface area contributed by atoms with Gasteiger partial charge in [-0.15, -0.1) is 21.5 Å². The first-order valence-corrected chi connectivity index (χ1v) is 10.6. The summed E-state index contributed by atoms with van der Waals surface area (Å²) in [5.41, 5.74) is 2.54. The summed E-state index contributed by atoms with van der Waals surface area (Å²) in [5.74, 6) is 6.08. The fraction of sp³-hybridized carbons (Fsp3) is 0.278. The van der Waals surface area contributed by atoms with Gasteiger partial charge in [-0.25, -0.2) is 9.66 Å². The number of thioether (sulfide) groups is 1. The summed E-state index contributed by atoms with van der Waals surface area (Å²) < 4.78 is 6.25. The maximum Gasteiger partial charge on any atom is 0.311 e. The van der Waals surface area contributed by atoms with Gasteiger partial charge in [-0.05, 0) is 13.8 Å². The van der Waals surface area contributed by atoms with Gasteiger partial charge in [0.15, 0.2) is 11.0 Å². The predicted molar refractivity (Wildman–Crippen MR) is 112 cm³/mol. The number of nitrogens with zero attached hydrogens (tertiary/aromatic N) is 4. The lowest BCUT2D eigenvalue weighted by molar-refractivity contribution is -0.142. The number of carbonyl (C=O) groups excluding carboxylic acids is 2. The number of carbonyl (C=O) groups is 2. The third-order valence-electron chi connectivity index (χ3n) is 3.74. The number of esters is 1. The number of aryl methyl sites for hydroxylation is 1. The number of rotatable bonds is 8. The summed E-state index contributed by atoms with van der Waals surface area (Å²) in [7, 11) is 0. The average Bonchev–Trinajstić information content (AvgIpc) is 3.27. The second-order valence-electron chi connectivity index (χ2n) is 6.00. The maximum atomic E-state index is 12.2. The fourth-order valence-electron chi connectivity index (χ4n) is 2.37. The first-order chi connectivity index (χ1) is 14.0. The van der Waals surface area contributed by atoms with Crippen LogP contribution >= 0.6 is 23.1 Å². The molecule has 1 amide bonds. The van der Waals surface area contributed by atoms with Gasteiger partial charge in [0.25, 0.3) is 0 Å². The zero-order chi connectivity index (χ0) is 20.8. The number of amides is 1. The number of anilines is 1. The number of ether oxygens (including phenoxy) is 1. The normalized spacial score (nSPS) is 10.7. The van der Waals surface area contributed by atoms with E-state index in [-0.39, 0.29) is 24.1 Å². The molecule has 3 N–H and O–H groups in total. The molecule has 3 aromatic rings. The van der Waals surface area contributed by atoms with E-state index >= 15 is 0 Å². The van der Waals surface area contributed by atoms with Crippen molar-refractivity contribution in [1.82, 2.24) is 19.9 Å². The molecule has 0 aliphatic heterocycles. The quantitative estimate of drug-likeness (QED) is 0.315. The second kappa shape index (κ2) is 9.52. The number of thiazole rings is 1. The van der Waals surface area contributed by atoms with Crippen molar-refractivity contribution in [3.63, 3.8) is 0 Å². The second-order valence-corrected chi connectivity index (χ2v) is 7.81. The molecule has 0 aliphatic rings. The van der Waals surface area contributed by atoms with Crippen molar-refractivity contribution in [2.75, 3.05) is 23.5 Å². The molecule has 2 heterocycles. The number of hydrogen-bond donors (Lipinski definition) is 2. The van der Waals surface area contributed by atoms with Gasteiger partial charge in [0.05, 0.1) is 24.5 Å². The van der Waals surface area contributed by atoms with Gasteiger partial charge < -0.3 is 15.9 Å². The van der Waals surface area contributed by atoms with Crippen LogP contribution in [0.1, 0.15) is 18.2 Å². The lowest BCUT2D eigenvalue weighted by Gasteiger charge is -2.04. The Hall–Kier alpha value is -2.92. The van der Waals surface area contributed by atoms with E-state index in [0.717, 1.165) is 11.1 Å². The maximum absolute atomic E-state index is 12.2. The van der Waals surface area contributed by atoms with Crippen LogP contribution in [-0.4, -0.2) is 44.1 Å². The Kier molecular flexibility index (Phi) is 6.83. The molecule has 1 aromatic carbocycles. The van der Waals surface area contributed by atoms with E-state index in [1.54, 1.807) is 12.3 Å². The third kappa shape index (κ3) is 5.55. The molecule has 11 heteroatoms. The summed E-state index contributed by atoms with van der Waals surface area (Å²) in [6, 6.07) is 7.77. The number of nitrogen functional groups attached to an aromatic ring is 1. The van der Waals surface area contributed by atoms with E-state index in [1.165, 1.54) is 27.8 Å². The van der Waals surface area contributed by atoms with Crippen LogP contribution in [0.25, 0.3) is 11.4 Å². The topological polar surface area (TPSA) is 125 Å². The predicted octanol–water partition coefficient (Wildman–Crippen LogP) is 2.26. The Labute approximate surface area is 175 Å². The molecule has 0 spiro atoms. The van der Waals surface area contributed by atoms with Crippen LogP contribution in [0.5, 0.6) is 0 Å². The number of nitrogens with two attached hydrogens (primary N) is 1. The van der Waals surface area contributed by atoms with Crippen molar-refractivity contribution >= 4 is 40.1 Å². The molecule has 0 bridgehead atoms. The van der Waals surface area contributed by atoms with Crippen molar-refractivity contribution in [1.29, 1.82) is 0 Å². The Morgan fingerprint density at radius 2 is 2.03 bits per heavy atom. The van der Waals surface area contributed by atoms with Crippen molar-refractivity contribution in [2.45, 2.75) is 25.4 Å². The minimum Gasteiger partial charge on any atom is -0.466 e. The molecule has 3 rings (SSSR count). The SMILES string of the molecule is CCOC(=O)Cc1csc(NC(=O)CSc2nnc(-c3ccc(C)cc3)n2N)n1. The lowest BCUT2D eigenvalue weighted by atomic mass is 10.1. The highest BCUT2D eigenvalue weighted by atomic mass is 32.2. The van der Waals surface area contributed by atoms with Crippen LogP contribution in [0, 0.1) is 6.92 Å². The minimum absolute atomic E-state index is 0.0764. The van der Waals surface area contributed by atoms with Crippen LogP contribution in [-0.2, 0) is 20.7 Å². The van der Waals surface area contributed by atoms with Gasteiger partial charge in [0.1, 0.15) is 0 Å². The van der Waals surface area contributed by atoms with Gasteiger partial charge >= 0.3 is 5.97 Å². The highest BCUT2D eigenvalue weighted by Gasteiger charge is 2.15. The van der Waals surface area contributed by atoms with E-state index in [9.17, 15) is 9.59 Å². The molecule has 0 saturated carbocycles. The van der Waals surface area contributed by atoms with Crippen molar-refractivity contribution in [3.8, 4) is 11.4 Å². The molecule has 152 valence electrons.